The van der Waals surface area contributed by atoms with Gasteiger partial charge >= 0.3 is 5.97 Å². The summed E-state index contributed by atoms with van der Waals surface area (Å²) in [7, 11) is 1.47. The zero-order valence-electron chi connectivity index (χ0n) is 14.6. The molecule has 3 heterocycles. The first kappa shape index (κ1) is 17.6. The fourth-order valence-electron chi connectivity index (χ4n) is 2.52. The van der Waals surface area contributed by atoms with E-state index in [9.17, 15) is 9.18 Å². The largest absolute Gasteiger partial charge is 0.481 e. The summed E-state index contributed by atoms with van der Waals surface area (Å²) in [5.41, 5.74) is 1.19. The van der Waals surface area contributed by atoms with E-state index in [2.05, 4.69) is 20.4 Å². The Bertz CT molecular complexity index is 943. The van der Waals surface area contributed by atoms with Crippen molar-refractivity contribution >= 4 is 17.4 Å². The fourth-order valence-corrected chi connectivity index (χ4v) is 2.52. The third kappa shape index (κ3) is 3.41. The van der Waals surface area contributed by atoms with Crippen LogP contribution >= 0.6 is 0 Å². The van der Waals surface area contributed by atoms with Crippen molar-refractivity contribution in [3.05, 3.63) is 47.7 Å². The lowest BCUT2D eigenvalue weighted by molar-refractivity contribution is 0.0528. The molecular weight excluding hydrogens is 341 g/mol. The van der Waals surface area contributed by atoms with Crippen LogP contribution in [0.15, 0.2) is 30.7 Å². The third-order valence-corrected chi connectivity index (χ3v) is 3.73. The van der Waals surface area contributed by atoms with Crippen LogP contribution in [0.2, 0.25) is 0 Å². The fraction of sp³-hybridized carbons (Fsp3) is 0.294. The van der Waals surface area contributed by atoms with Gasteiger partial charge in [0.2, 0.25) is 5.88 Å². The predicted molar refractivity (Wildman–Crippen MR) is 91.7 cm³/mol. The molecule has 3 rings (SSSR count). The number of anilines is 1. The highest BCUT2D eigenvalue weighted by Crippen LogP contribution is 2.26. The Morgan fingerprint density at radius 3 is 2.96 bits per heavy atom. The molecule has 0 radical (unpaired) electrons. The summed E-state index contributed by atoms with van der Waals surface area (Å²) in [4.78, 5) is 20.3. The lowest BCUT2D eigenvalue weighted by atomic mass is 10.1. The van der Waals surface area contributed by atoms with E-state index in [1.165, 1.54) is 23.9 Å². The number of ether oxygens (including phenoxy) is 2. The summed E-state index contributed by atoms with van der Waals surface area (Å²) in [5.74, 6) is -0.138. The summed E-state index contributed by atoms with van der Waals surface area (Å²) in [6, 6.07) is 2.72. The van der Waals surface area contributed by atoms with Gasteiger partial charge in [-0.3, -0.25) is 0 Å². The summed E-state index contributed by atoms with van der Waals surface area (Å²) >= 11 is 0. The van der Waals surface area contributed by atoms with Crippen LogP contribution in [0.25, 0.3) is 5.65 Å². The molecule has 0 bridgehead atoms. The van der Waals surface area contributed by atoms with Crippen LogP contribution in [0.3, 0.4) is 0 Å². The molecule has 0 aromatic carbocycles. The minimum absolute atomic E-state index is 0.261. The molecule has 1 N–H and O–H groups in total. The molecule has 1 atom stereocenters. The molecule has 3 aromatic rings. The van der Waals surface area contributed by atoms with Gasteiger partial charge in [-0.15, -0.1) is 0 Å². The molecular formula is C17H18FN5O3. The number of rotatable bonds is 6. The highest BCUT2D eigenvalue weighted by atomic mass is 19.1. The van der Waals surface area contributed by atoms with Crippen LogP contribution in [-0.2, 0) is 4.74 Å². The second-order valence-electron chi connectivity index (χ2n) is 5.48. The van der Waals surface area contributed by atoms with Crippen molar-refractivity contribution in [3.8, 4) is 5.88 Å². The maximum absolute atomic E-state index is 13.5. The molecule has 0 aliphatic rings. The van der Waals surface area contributed by atoms with Crippen LogP contribution in [-0.4, -0.2) is 39.3 Å². The Labute approximate surface area is 149 Å². The van der Waals surface area contributed by atoms with Crippen LogP contribution < -0.4 is 10.1 Å². The van der Waals surface area contributed by atoms with E-state index in [1.807, 2.05) is 6.92 Å². The highest BCUT2D eigenvalue weighted by molar-refractivity contribution is 5.95. The Hall–Kier alpha value is -3.23. The van der Waals surface area contributed by atoms with Gasteiger partial charge in [0.25, 0.3) is 0 Å². The first-order valence-corrected chi connectivity index (χ1v) is 8.01. The van der Waals surface area contributed by atoms with Gasteiger partial charge in [0, 0.05) is 11.8 Å². The molecule has 136 valence electrons. The van der Waals surface area contributed by atoms with Crippen molar-refractivity contribution in [3.63, 3.8) is 0 Å². The lowest BCUT2D eigenvalue weighted by Gasteiger charge is -2.17. The van der Waals surface area contributed by atoms with Gasteiger partial charge in [0.15, 0.2) is 5.65 Å². The van der Waals surface area contributed by atoms with Crippen LogP contribution in [0.1, 0.15) is 35.8 Å². The van der Waals surface area contributed by atoms with E-state index >= 15 is 0 Å². The zero-order valence-corrected chi connectivity index (χ0v) is 14.6. The summed E-state index contributed by atoms with van der Waals surface area (Å²) in [5, 5.41) is 7.23. The van der Waals surface area contributed by atoms with E-state index in [0.29, 0.717) is 22.9 Å². The Balaban J connectivity index is 1.90. The number of nitrogens with one attached hydrogen (secondary N) is 1. The Kier molecular flexibility index (Phi) is 4.97. The van der Waals surface area contributed by atoms with Crippen LogP contribution in [0, 0.1) is 5.82 Å². The molecule has 0 fully saturated rings. The monoisotopic (exact) mass is 359 g/mol. The normalized spacial score (nSPS) is 12.0. The number of halogens is 1. The quantitative estimate of drug-likeness (QED) is 0.677. The zero-order chi connectivity index (χ0) is 18.7. The van der Waals surface area contributed by atoms with Crippen molar-refractivity contribution in [2.75, 3.05) is 19.0 Å². The van der Waals surface area contributed by atoms with E-state index in [4.69, 9.17) is 9.47 Å². The molecule has 0 spiro atoms. The maximum atomic E-state index is 13.5. The van der Waals surface area contributed by atoms with Crippen molar-refractivity contribution in [1.82, 2.24) is 19.6 Å². The van der Waals surface area contributed by atoms with E-state index in [-0.39, 0.29) is 18.2 Å². The van der Waals surface area contributed by atoms with Crippen molar-refractivity contribution in [2.45, 2.75) is 19.9 Å². The average molecular weight is 359 g/mol. The SMILES string of the molecule is CCOC(=O)c1cnn2ccc(N[C@H](C)c3cc(F)cnc3OC)nc12. The number of esters is 1. The molecule has 0 aliphatic heterocycles. The first-order valence-electron chi connectivity index (χ1n) is 8.01. The highest BCUT2D eigenvalue weighted by Gasteiger charge is 2.18. The number of aromatic nitrogens is 4. The standard InChI is InChI=1S/C17H18FN5O3/c1-4-26-17(24)13-9-20-23-6-5-14(22-15(13)23)21-10(2)12-7-11(18)8-19-16(12)25-3/h5-10H,4H2,1-3H3,(H,21,22)/t10-/m1/s1. The Morgan fingerprint density at radius 2 is 2.23 bits per heavy atom. The van der Waals surface area contributed by atoms with Crippen molar-refractivity contribution < 1.29 is 18.7 Å². The second kappa shape index (κ2) is 7.34. The molecule has 8 nitrogen and oxygen atoms in total. The van der Waals surface area contributed by atoms with Gasteiger partial charge < -0.3 is 14.8 Å². The maximum Gasteiger partial charge on any atom is 0.343 e. The number of methoxy groups -OCH3 is 1. The van der Waals surface area contributed by atoms with Crippen molar-refractivity contribution in [1.29, 1.82) is 0 Å². The number of nitrogens with zero attached hydrogens (tertiary/aromatic N) is 4. The summed E-state index contributed by atoms with van der Waals surface area (Å²) in [6.45, 7) is 3.82. The van der Waals surface area contributed by atoms with Gasteiger partial charge in [0.1, 0.15) is 17.2 Å². The number of hydrogen-bond acceptors (Lipinski definition) is 7. The minimum Gasteiger partial charge on any atom is -0.481 e. The number of fused-ring (bicyclic) bond motifs is 1. The predicted octanol–water partition coefficient (Wildman–Crippen LogP) is 2.62. The van der Waals surface area contributed by atoms with E-state index < -0.39 is 11.8 Å². The van der Waals surface area contributed by atoms with E-state index in [1.54, 1.807) is 19.2 Å². The molecule has 0 amide bonds. The third-order valence-electron chi connectivity index (χ3n) is 3.73. The summed E-state index contributed by atoms with van der Waals surface area (Å²) < 4.78 is 25.2. The van der Waals surface area contributed by atoms with Crippen molar-refractivity contribution in [2.24, 2.45) is 0 Å². The number of hydrogen-bond donors (Lipinski definition) is 1. The van der Waals surface area contributed by atoms with Gasteiger partial charge in [-0.2, -0.15) is 5.10 Å². The molecule has 0 aliphatic carbocycles. The minimum atomic E-state index is -0.490. The van der Waals surface area contributed by atoms with Crippen LogP contribution in [0.5, 0.6) is 5.88 Å². The van der Waals surface area contributed by atoms with Gasteiger partial charge in [-0.25, -0.2) is 23.7 Å². The lowest BCUT2D eigenvalue weighted by Crippen LogP contribution is -2.11. The first-order chi connectivity index (χ1) is 12.5. The smallest absolute Gasteiger partial charge is 0.343 e. The van der Waals surface area contributed by atoms with Gasteiger partial charge in [-0.05, 0) is 26.0 Å². The molecule has 0 saturated heterocycles. The van der Waals surface area contributed by atoms with Gasteiger partial charge in [-0.1, -0.05) is 0 Å². The van der Waals surface area contributed by atoms with Gasteiger partial charge in [0.05, 0.1) is 32.2 Å². The van der Waals surface area contributed by atoms with E-state index in [0.717, 1.165) is 6.20 Å². The molecule has 0 unspecified atom stereocenters. The number of carbonyl (C=O) groups excluding carboxylic acids is 1. The molecule has 26 heavy (non-hydrogen) atoms. The number of pyridine rings is 1. The topological polar surface area (TPSA) is 90.6 Å². The molecule has 9 heteroatoms. The molecule has 3 aromatic heterocycles. The number of carbonyl (C=O) groups is 1. The second-order valence-corrected chi connectivity index (χ2v) is 5.48. The Morgan fingerprint density at radius 1 is 1.42 bits per heavy atom. The average Bonchev–Trinajstić information content (AvgIpc) is 3.05. The summed E-state index contributed by atoms with van der Waals surface area (Å²) in [6.07, 6.45) is 4.17. The van der Waals surface area contributed by atoms with Crippen LogP contribution in [0.4, 0.5) is 10.2 Å². The molecule has 0 saturated carbocycles.